The molecule has 1 heterocycles. The van der Waals surface area contributed by atoms with E-state index in [-0.39, 0.29) is 0 Å². The van der Waals surface area contributed by atoms with E-state index in [1.54, 1.807) is 0 Å². The summed E-state index contributed by atoms with van der Waals surface area (Å²) in [5.74, 6) is 1.03. The second kappa shape index (κ2) is 8.28. The summed E-state index contributed by atoms with van der Waals surface area (Å²) in [5, 5.41) is 3.38. The van der Waals surface area contributed by atoms with E-state index < -0.39 is 0 Å². The second-order valence-corrected chi connectivity index (χ2v) is 5.43. The SMILES string of the molecule is CCc1ccc(OCCCN2CCNCC2)cc1CC. The van der Waals surface area contributed by atoms with Crippen molar-refractivity contribution >= 4 is 0 Å². The van der Waals surface area contributed by atoms with Crippen LogP contribution in [0.25, 0.3) is 0 Å². The summed E-state index contributed by atoms with van der Waals surface area (Å²) in [4.78, 5) is 2.51. The van der Waals surface area contributed by atoms with E-state index in [9.17, 15) is 0 Å². The number of aryl methyl sites for hydroxylation is 2. The number of rotatable bonds is 7. The fourth-order valence-electron chi connectivity index (χ4n) is 2.78. The van der Waals surface area contributed by atoms with Crippen LogP contribution in [0.4, 0.5) is 0 Å². The molecule has 1 saturated heterocycles. The van der Waals surface area contributed by atoms with Gasteiger partial charge in [-0.3, -0.25) is 0 Å². The van der Waals surface area contributed by atoms with E-state index in [4.69, 9.17) is 4.74 Å². The van der Waals surface area contributed by atoms with Crippen LogP contribution in [0.15, 0.2) is 18.2 Å². The number of hydrogen-bond acceptors (Lipinski definition) is 3. The standard InChI is InChI=1S/C17H28N2O/c1-3-15-6-7-17(14-16(15)4-2)20-13-5-10-19-11-8-18-9-12-19/h6-7,14,18H,3-5,8-13H2,1-2H3. The van der Waals surface area contributed by atoms with Crippen molar-refractivity contribution in [2.75, 3.05) is 39.3 Å². The van der Waals surface area contributed by atoms with Crippen LogP contribution in [0.5, 0.6) is 5.75 Å². The molecule has 0 radical (unpaired) electrons. The molecular weight excluding hydrogens is 248 g/mol. The Hall–Kier alpha value is -1.06. The maximum absolute atomic E-state index is 5.90. The minimum atomic E-state index is 0.818. The van der Waals surface area contributed by atoms with Crippen LogP contribution in [-0.2, 0) is 12.8 Å². The number of nitrogens with zero attached hydrogens (tertiary/aromatic N) is 1. The van der Waals surface area contributed by atoms with E-state index in [0.29, 0.717) is 0 Å². The van der Waals surface area contributed by atoms with Gasteiger partial charge in [-0.2, -0.15) is 0 Å². The molecule has 1 aliphatic rings. The van der Waals surface area contributed by atoms with Crippen LogP contribution in [0.3, 0.4) is 0 Å². The Morgan fingerprint density at radius 3 is 2.55 bits per heavy atom. The number of hydrogen-bond donors (Lipinski definition) is 1. The van der Waals surface area contributed by atoms with Crippen LogP contribution in [0.2, 0.25) is 0 Å². The third-order valence-corrected chi connectivity index (χ3v) is 4.04. The summed E-state index contributed by atoms with van der Waals surface area (Å²) in [6.45, 7) is 11.0. The molecule has 0 aliphatic carbocycles. The Bertz CT molecular complexity index is 400. The molecule has 1 fully saturated rings. The van der Waals surface area contributed by atoms with Crippen molar-refractivity contribution in [3.05, 3.63) is 29.3 Å². The molecule has 0 spiro atoms. The average molecular weight is 276 g/mol. The molecule has 1 aromatic carbocycles. The molecule has 0 amide bonds. The Balaban J connectivity index is 1.73. The van der Waals surface area contributed by atoms with Crippen LogP contribution in [0.1, 0.15) is 31.4 Å². The quantitative estimate of drug-likeness (QED) is 0.774. The number of ether oxygens (including phenoxy) is 1. The van der Waals surface area contributed by atoms with E-state index in [1.165, 1.54) is 24.2 Å². The van der Waals surface area contributed by atoms with Gasteiger partial charge in [0, 0.05) is 32.7 Å². The highest BCUT2D eigenvalue weighted by molar-refractivity contribution is 5.35. The van der Waals surface area contributed by atoms with Crippen molar-refractivity contribution < 1.29 is 4.74 Å². The van der Waals surface area contributed by atoms with Gasteiger partial charge in [0.2, 0.25) is 0 Å². The smallest absolute Gasteiger partial charge is 0.119 e. The van der Waals surface area contributed by atoms with Crippen LogP contribution in [-0.4, -0.2) is 44.2 Å². The summed E-state index contributed by atoms with van der Waals surface area (Å²) in [6.07, 6.45) is 3.30. The maximum Gasteiger partial charge on any atom is 0.119 e. The van der Waals surface area contributed by atoms with Crippen molar-refractivity contribution in [2.24, 2.45) is 0 Å². The summed E-state index contributed by atoms with van der Waals surface area (Å²) in [6, 6.07) is 6.54. The first kappa shape index (κ1) is 15.3. The lowest BCUT2D eigenvalue weighted by atomic mass is 10.0. The van der Waals surface area contributed by atoms with Gasteiger partial charge < -0.3 is 15.0 Å². The number of benzene rings is 1. The summed E-state index contributed by atoms with van der Waals surface area (Å²) in [5.41, 5.74) is 2.87. The van der Waals surface area contributed by atoms with Gasteiger partial charge in [0.25, 0.3) is 0 Å². The van der Waals surface area contributed by atoms with Crippen molar-refractivity contribution in [3.63, 3.8) is 0 Å². The predicted molar refractivity (Wildman–Crippen MR) is 84.6 cm³/mol. The number of nitrogens with one attached hydrogen (secondary N) is 1. The van der Waals surface area contributed by atoms with Gasteiger partial charge in [0.1, 0.15) is 5.75 Å². The van der Waals surface area contributed by atoms with E-state index in [1.807, 2.05) is 0 Å². The zero-order valence-electron chi connectivity index (χ0n) is 13.0. The number of piperazine rings is 1. The van der Waals surface area contributed by atoms with Crippen molar-refractivity contribution in [1.82, 2.24) is 10.2 Å². The largest absolute Gasteiger partial charge is 0.494 e. The highest BCUT2D eigenvalue weighted by Crippen LogP contribution is 2.19. The molecule has 3 heteroatoms. The van der Waals surface area contributed by atoms with Crippen LogP contribution >= 0.6 is 0 Å². The third kappa shape index (κ3) is 4.50. The van der Waals surface area contributed by atoms with Crippen molar-refractivity contribution in [2.45, 2.75) is 33.1 Å². The van der Waals surface area contributed by atoms with Crippen molar-refractivity contribution in [1.29, 1.82) is 0 Å². The zero-order valence-corrected chi connectivity index (χ0v) is 13.0. The Labute approximate surface area is 123 Å². The molecule has 0 atom stereocenters. The lowest BCUT2D eigenvalue weighted by molar-refractivity contribution is 0.214. The van der Waals surface area contributed by atoms with Gasteiger partial charge in [-0.1, -0.05) is 19.9 Å². The monoisotopic (exact) mass is 276 g/mol. The van der Waals surface area contributed by atoms with Gasteiger partial charge in [-0.25, -0.2) is 0 Å². The normalized spacial score (nSPS) is 16.3. The fourth-order valence-corrected chi connectivity index (χ4v) is 2.78. The average Bonchev–Trinajstić information content (AvgIpc) is 2.52. The predicted octanol–water partition coefficient (Wildman–Crippen LogP) is 2.49. The topological polar surface area (TPSA) is 24.5 Å². The molecule has 0 bridgehead atoms. The van der Waals surface area contributed by atoms with Crippen LogP contribution in [0, 0.1) is 0 Å². The first-order valence-corrected chi connectivity index (χ1v) is 8.01. The summed E-state index contributed by atoms with van der Waals surface area (Å²) in [7, 11) is 0. The summed E-state index contributed by atoms with van der Waals surface area (Å²) < 4.78 is 5.90. The second-order valence-electron chi connectivity index (χ2n) is 5.43. The highest BCUT2D eigenvalue weighted by Gasteiger charge is 2.08. The lowest BCUT2D eigenvalue weighted by Crippen LogP contribution is -2.43. The molecule has 2 rings (SSSR count). The van der Waals surface area contributed by atoms with E-state index in [0.717, 1.165) is 51.3 Å². The van der Waals surface area contributed by atoms with E-state index in [2.05, 4.69) is 42.3 Å². The molecule has 0 saturated carbocycles. The highest BCUT2D eigenvalue weighted by atomic mass is 16.5. The maximum atomic E-state index is 5.90. The fraction of sp³-hybridized carbons (Fsp3) is 0.647. The minimum absolute atomic E-state index is 0.818. The first-order valence-electron chi connectivity index (χ1n) is 8.01. The van der Waals surface area contributed by atoms with Crippen molar-refractivity contribution in [3.8, 4) is 5.75 Å². The molecular formula is C17H28N2O. The molecule has 1 aliphatic heterocycles. The zero-order chi connectivity index (χ0) is 14.2. The van der Waals surface area contributed by atoms with Gasteiger partial charge in [0.05, 0.1) is 6.61 Å². The van der Waals surface area contributed by atoms with Gasteiger partial charge in [-0.15, -0.1) is 0 Å². The molecule has 0 unspecified atom stereocenters. The lowest BCUT2D eigenvalue weighted by Gasteiger charge is -2.27. The summed E-state index contributed by atoms with van der Waals surface area (Å²) >= 11 is 0. The Kier molecular flexibility index (Phi) is 6.34. The molecule has 0 aromatic heterocycles. The van der Waals surface area contributed by atoms with Crippen LogP contribution < -0.4 is 10.1 Å². The van der Waals surface area contributed by atoms with E-state index >= 15 is 0 Å². The molecule has 112 valence electrons. The Morgan fingerprint density at radius 1 is 1.10 bits per heavy atom. The molecule has 1 N–H and O–H groups in total. The van der Waals surface area contributed by atoms with Gasteiger partial charge >= 0.3 is 0 Å². The molecule has 3 nitrogen and oxygen atoms in total. The minimum Gasteiger partial charge on any atom is -0.494 e. The third-order valence-electron chi connectivity index (χ3n) is 4.04. The van der Waals surface area contributed by atoms with Gasteiger partial charge in [-0.05, 0) is 42.5 Å². The first-order chi connectivity index (χ1) is 9.83. The molecule has 20 heavy (non-hydrogen) atoms. The Morgan fingerprint density at radius 2 is 1.85 bits per heavy atom. The van der Waals surface area contributed by atoms with Gasteiger partial charge in [0.15, 0.2) is 0 Å². The molecule has 1 aromatic rings.